The molecular formula is C16H17N3O2. The van der Waals surface area contributed by atoms with E-state index in [1.54, 1.807) is 30.5 Å². The first-order valence-corrected chi connectivity index (χ1v) is 6.65. The number of carbonyl (C=O) groups is 2. The summed E-state index contributed by atoms with van der Waals surface area (Å²) in [5, 5.41) is 5.54. The highest BCUT2D eigenvalue weighted by molar-refractivity contribution is 5.95. The molecule has 0 spiro atoms. The molecule has 1 heterocycles. The first-order valence-electron chi connectivity index (χ1n) is 6.65. The molecule has 2 N–H and O–H groups in total. The van der Waals surface area contributed by atoms with Crippen molar-refractivity contribution in [2.45, 2.75) is 19.9 Å². The van der Waals surface area contributed by atoms with E-state index in [1.165, 1.54) is 6.92 Å². The molecule has 5 nitrogen and oxygen atoms in total. The molecule has 0 aliphatic carbocycles. The minimum atomic E-state index is -0.178. The summed E-state index contributed by atoms with van der Waals surface area (Å²) in [5.74, 6) is -0.321. The lowest BCUT2D eigenvalue weighted by Gasteiger charge is -2.13. The van der Waals surface area contributed by atoms with Crippen LogP contribution in [0, 0.1) is 0 Å². The number of rotatable bonds is 4. The SMILES string of the molecule is CC(=O)Nc1ccc(C(=O)N[C@H](C)c2ccccn2)cc1. The monoisotopic (exact) mass is 283 g/mol. The highest BCUT2D eigenvalue weighted by Gasteiger charge is 2.12. The number of amides is 2. The van der Waals surface area contributed by atoms with Crippen LogP contribution in [-0.2, 0) is 4.79 Å². The fourth-order valence-corrected chi connectivity index (χ4v) is 1.89. The summed E-state index contributed by atoms with van der Waals surface area (Å²) >= 11 is 0. The third kappa shape index (κ3) is 4.14. The summed E-state index contributed by atoms with van der Waals surface area (Å²) in [6.07, 6.45) is 1.69. The van der Waals surface area contributed by atoms with E-state index in [1.807, 2.05) is 25.1 Å². The molecule has 21 heavy (non-hydrogen) atoms. The standard InChI is InChI=1S/C16H17N3O2/c1-11(15-5-3-4-10-17-15)18-16(21)13-6-8-14(9-7-13)19-12(2)20/h3-11H,1-2H3,(H,18,21)(H,19,20)/t11-/m1/s1. The Morgan fingerprint density at radius 3 is 2.38 bits per heavy atom. The zero-order chi connectivity index (χ0) is 15.2. The quantitative estimate of drug-likeness (QED) is 0.905. The van der Waals surface area contributed by atoms with Gasteiger partial charge in [-0.3, -0.25) is 14.6 Å². The van der Waals surface area contributed by atoms with Gasteiger partial charge >= 0.3 is 0 Å². The lowest BCUT2D eigenvalue weighted by molar-refractivity contribution is -0.114. The zero-order valence-corrected chi connectivity index (χ0v) is 12.0. The van der Waals surface area contributed by atoms with E-state index in [-0.39, 0.29) is 17.9 Å². The highest BCUT2D eigenvalue weighted by Crippen LogP contribution is 2.12. The van der Waals surface area contributed by atoms with Crippen LogP contribution in [-0.4, -0.2) is 16.8 Å². The number of benzene rings is 1. The largest absolute Gasteiger partial charge is 0.344 e. The van der Waals surface area contributed by atoms with Crippen molar-refractivity contribution in [2.75, 3.05) is 5.32 Å². The molecule has 2 aromatic rings. The van der Waals surface area contributed by atoms with Crippen molar-refractivity contribution in [3.8, 4) is 0 Å². The molecule has 0 saturated heterocycles. The molecule has 0 aliphatic heterocycles. The molecule has 1 aromatic carbocycles. The number of aromatic nitrogens is 1. The molecule has 0 aliphatic rings. The van der Waals surface area contributed by atoms with E-state index in [0.29, 0.717) is 11.3 Å². The van der Waals surface area contributed by atoms with Crippen LogP contribution < -0.4 is 10.6 Å². The number of nitrogens with one attached hydrogen (secondary N) is 2. The van der Waals surface area contributed by atoms with E-state index in [2.05, 4.69) is 15.6 Å². The van der Waals surface area contributed by atoms with Crippen LogP contribution >= 0.6 is 0 Å². The Labute approximate surface area is 123 Å². The Kier molecular flexibility index (Phi) is 4.66. The Morgan fingerprint density at radius 2 is 1.81 bits per heavy atom. The Bertz CT molecular complexity index is 624. The van der Waals surface area contributed by atoms with Crippen LogP contribution in [0.15, 0.2) is 48.7 Å². The van der Waals surface area contributed by atoms with Crippen LogP contribution in [0.3, 0.4) is 0 Å². The molecule has 1 atom stereocenters. The van der Waals surface area contributed by atoms with Crippen molar-refractivity contribution in [3.05, 3.63) is 59.9 Å². The molecule has 0 bridgehead atoms. The van der Waals surface area contributed by atoms with Gasteiger partial charge in [0.1, 0.15) is 0 Å². The second-order valence-electron chi connectivity index (χ2n) is 4.71. The first-order chi connectivity index (χ1) is 10.1. The van der Waals surface area contributed by atoms with Gasteiger partial charge in [0.05, 0.1) is 11.7 Å². The molecule has 5 heteroatoms. The third-order valence-electron chi connectivity index (χ3n) is 2.95. The fraction of sp³-hybridized carbons (Fsp3) is 0.188. The average Bonchev–Trinajstić information content (AvgIpc) is 2.48. The van der Waals surface area contributed by atoms with E-state index in [4.69, 9.17) is 0 Å². The van der Waals surface area contributed by atoms with E-state index in [0.717, 1.165) is 5.69 Å². The van der Waals surface area contributed by atoms with Crippen molar-refractivity contribution in [1.82, 2.24) is 10.3 Å². The average molecular weight is 283 g/mol. The predicted octanol–water partition coefficient (Wildman–Crippen LogP) is 2.53. The molecule has 2 rings (SSSR count). The number of pyridine rings is 1. The summed E-state index contributed by atoms with van der Waals surface area (Å²) in [6, 6.07) is 12.1. The second-order valence-corrected chi connectivity index (χ2v) is 4.71. The molecule has 0 fully saturated rings. The molecule has 0 radical (unpaired) electrons. The Hall–Kier alpha value is -2.69. The smallest absolute Gasteiger partial charge is 0.251 e. The van der Waals surface area contributed by atoms with Gasteiger partial charge in [0.2, 0.25) is 5.91 Å². The molecule has 108 valence electrons. The fourth-order valence-electron chi connectivity index (χ4n) is 1.89. The lowest BCUT2D eigenvalue weighted by Crippen LogP contribution is -2.27. The lowest BCUT2D eigenvalue weighted by atomic mass is 10.1. The Morgan fingerprint density at radius 1 is 1.10 bits per heavy atom. The molecule has 1 aromatic heterocycles. The van der Waals surface area contributed by atoms with Gasteiger partial charge in [-0.25, -0.2) is 0 Å². The van der Waals surface area contributed by atoms with Crippen LogP contribution in [0.5, 0.6) is 0 Å². The van der Waals surface area contributed by atoms with Crippen molar-refractivity contribution in [3.63, 3.8) is 0 Å². The number of anilines is 1. The Balaban J connectivity index is 2.01. The van der Waals surface area contributed by atoms with Gasteiger partial charge in [0, 0.05) is 24.4 Å². The van der Waals surface area contributed by atoms with E-state index < -0.39 is 0 Å². The maximum Gasteiger partial charge on any atom is 0.251 e. The van der Waals surface area contributed by atoms with Crippen molar-refractivity contribution >= 4 is 17.5 Å². The minimum absolute atomic E-state index is 0.143. The summed E-state index contributed by atoms with van der Waals surface area (Å²) in [4.78, 5) is 27.3. The van der Waals surface area contributed by atoms with Crippen LogP contribution in [0.4, 0.5) is 5.69 Å². The summed E-state index contributed by atoms with van der Waals surface area (Å²) in [7, 11) is 0. The van der Waals surface area contributed by atoms with Crippen molar-refractivity contribution in [1.29, 1.82) is 0 Å². The number of hydrogen-bond donors (Lipinski definition) is 2. The summed E-state index contributed by atoms with van der Waals surface area (Å²) < 4.78 is 0. The summed E-state index contributed by atoms with van der Waals surface area (Å²) in [6.45, 7) is 3.32. The topological polar surface area (TPSA) is 71.1 Å². The predicted molar refractivity (Wildman–Crippen MR) is 80.9 cm³/mol. The molecule has 0 unspecified atom stereocenters. The van der Waals surface area contributed by atoms with Crippen LogP contribution in [0.2, 0.25) is 0 Å². The minimum Gasteiger partial charge on any atom is -0.344 e. The van der Waals surface area contributed by atoms with Crippen LogP contribution in [0.25, 0.3) is 0 Å². The highest BCUT2D eigenvalue weighted by atomic mass is 16.2. The van der Waals surface area contributed by atoms with Gasteiger partial charge in [0.15, 0.2) is 0 Å². The van der Waals surface area contributed by atoms with Crippen LogP contribution in [0.1, 0.15) is 35.9 Å². The number of hydrogen-bond acceptors (Lipinski definition) is 3. The number of nitrogens with zero attached hydrogens (tertiary/aromatic N) is 1. The first kappa shape index (κ1) is 14.7. The van der Waals surface area contributed by atoms with Gasteiger partial charge in [-0.05, 0) is 43.3 Å². The van der Waals surface area contributed by atoms with Gasteiger partial charge in [-0.2, -0.15) is 0 Å². The second kappa shape index (κ2) is 6.65. The van der Waals surface area contributed by atoms with Gasteiger partial charge < -0.3 is 10.6 Å². The van der Waals surface area contributed by atoms with Gasteiger partial charge in [-0.1, -0.05) is 6.07 Å². The summed E-state index contributed by atoms with van der Waals surface area (Å²) in [5.41, 5.74) is 2.00. The van der Waals surface area contributed by atoms with E-state index >= 15 is 0 Å². The van der Waals surface area contributed by atoms with Crippen molar-refractivity contribution in [2.24, 2.45) is 0 Å². The van der Waals surface area contributed by atoms with E-state index in [9.17, 15) is 9.59 Å². The normalized spacial score (nSPS) is 11.5. The van der Waals surface area contributed by atoms with Crippen molar-refractivity contribution < 1.29 is 9.59 Å². The molecule has 0 saturated carbocycles. The molecule has 2 amide bonds. The number of carbonyl (C=O) groups excluding carboxylic acids is 2. The maximum absolute atomic E-state index is 12.1. The van der Waals surface area contributed by atoms with Gasteiger partial charge in [-0.15, -0.1) is 0 Å². The zero-order valence-electron chi connectivity index (χ0n) is 12.0. The maximum atomic E-state index is 12.1. The van der Waals surface area contributed by atoms with Gasteiger partial charge in [0.25, 0.3) is 5.91 Å². The third-order valence-corrected chi connectivity index (χ3v) is 2.95. The molecular weight excluding hydrogens is 266 g/mol.